The van der Waals surface area contributed by atoms with Crippen LogP contribution < -0.4 is 10.2 Å². The first-order valence-corrected chi connectivity index (χ1v) is 6.34. The number of fused-ring (bicyclic) bond motifs is 1. The quantitative estimate of drug-likeness (QED) is 0.781. The first-order chi connectivity index (χ1) is 8.50. The summed E-state index contributed by atoms with van der Waals surface area (Å²) in [5, 5.41) is 2.85. The molecule has 0 radical (unpaired) electrons. The van der Waals surface area contributed by atoms with Crippen LogP contribution in [0.2, 0.25) is 0 Å². The van der Waals surface area contributed by atoms with Crippen molar-refractivity contribution in [2.45, 2.75) is 4.90 Å². The van der Waals surface area contributed by atoms with Gasteiger partial charge in [-0.2, -0.15) is 5.10 Å². The molecular formula is C10H10N2O5S. The van der Waals surface area contributed by atoms with Gasteiger partial charge in [-0.15, -0.1) is 0 Å². The molecular weight excluding hydrogens is 260 g/mol. The van der Waals surface area contributed by atoms with Crippen molar-refractivity contribution < 1.29 is 22.7 Å². The molecule has 0 atom stereocenters. The number of carbonyl (C=O) groups is 1. The molecule has 1 heterocycles. The zero-order valence-corrected chi connectivity index (χ0v) is 10.4. The number of rotatable bonds is 2. The molecule has 0 aromatic heterocycles. The highest BCUT2D eigenvalue weighted by Gasteiger charge is 2.35. The Labute approximate surface area is 103 Å². The van der Waals surface area contributed by atoms with E-state index in [2.05, 4.69) is 15.3 Å². The molecule has 0 saturated carbocycles. The van der Waals surface area contributed by atoms with Crippen molar-refractivity contribution in [3.63, 3.8) is 0 Å². The molecule has 0 fully saturated rings. The van der Waals surface area contributed by atoms with Crippen molar-refractivity contribution in [3.8, 4) is 5.75 Å². The molecule has 0 amide bonds. The van der Waals surface area contributed by atoms with Crippen LogP contribution in [0.4, 0.5) is 5.69 Å². The maximum atomic E-state index is 12.1. The van der Waals surface area contributed by atoms with Crippen LogP contribution in [0.1, 0.15) is 0 Å². The third-order valence-electron chi connectivity index (χ3n) is 2.37. The number of nitrogens with zero attached hydrogens (tertiary/aromatic N) is 1. The Morgan fingerprint density at radius 3 is 2.67 bits per heavy atom. The van der Waals surface area contributed by atoms with Crippen molar-refractivity contribution in [1.82, 2.24) is 0 Å². The second-order valence-corrected chi connectivity index (χ2v) is 5.22. The predicted molar refractivity (Wildman–Crippen MR) is 63.3 cm³/mol. The van der Waals surface area contributed by atoms with Crippen molar-refractivity contribution in [2.24, 2.45) is 5.10 Å². The molecule has 0 bridgehead atoms. The second-order valence-electron chi connectivity index (χ2n) is 3.39. The largest absolute Gasteiger partial charge is 0.497 e. The number of esters is 1. The average molecular weight is 270 g/mol. The summed E-state index contributed by atoms with van der Waals surface area (Å²) < 4.78 is 33.5. The molecule has 18 heavy (non-hydrogen) atoms. The lowest BCUT2D eigenvalue weighted by Crippen LogP contribution is -2.30. The molecule has 0 spiro atoms. The standard InChI is InChI=1S/C10H10N2O5S/c1-16-6-3-4-8-7(5-6)11-12-9(10(13)17-2)18(8,14)15/h3-5,11H,1-2H3. The van der Waals surface area contributed by atoms with Crippen LogP contribution in [0.3, 0.4) is 0 Å². The highest BCUT2D eigenvalue weighted by Crippen LogP contribution is 2.30. The summed E-state index contributed by atoms with van der Waals surface area (Å²) in [6.45, 7) is 0. The van der Waals surface area contributed by atoms with Gasteiger partial charge in [0.2, 0.25) is 9.84 Å². The summed E-state index contributed by atoms with van der Waals surface area (Å²) in [6, 6.07) is 4.30. The van der Waals surface area contributed by atoms with Crippen LogP contribution in [-0.2, 0) is 19.4 Å². The van der Waals surface area contributed by atoms with Gasteiger partial charge in [-0.05, 0) is 12.1 Å². The number of hydrogen-bond donors (Lipinski definition) is 1. The Bertz CT molecular complexity index is 636. The highest BCUT2D eigenvalue weighted by molar-refractivity contribution is 8.08. The van der Waals surface area contributed by atoms with Crippen LogP contribution in [0, 0.1) is 0 Å². The fourth-order valence-corrected chi connectivity index (χ4v) is 2.79. The first-order valence-electron chi connectivity index (χ1n) is 4.86. The lowest BCUT2D eigenvalue weighted by molar-refractivity contribution is -0.132. The molecule has 8 heteroatoms. The first kappa shape index (κ1) is 12.4. The number of anilines is 1. The van der Waals surface area contributed by atoms with Gasteiger partial charge >= 0.3 is 5.97 Å². The second kappa shape index (κ2) is 4.30. The number of carbonyl (C=O) groups excluding carboxylic acids is 1. The lowest BCUT2D eigenvalue weighted by atomic mass is 10.3. The van der Waals surface area contributed by atoms with Crippen LogP contribution in [0.15, 0.2) is 28.2 Å². The summed E-state index contributed by atoms with van der Waals surface area (Å²) >= 11 is 0. The van der Waals surface area contributed by atoms with E-state index < -0.39 is 20.9 Å². The van der Waals surface area contributed by atoms with Crippen LogP contribution in [0.5, 0.6) is 5.75 Å². The van der Waals surface area contributed by atoms with Gasteiger partial charge < -0.3 is 9.47 Å². The Morgan fingerprint density at radius 1 is 1.33 bits per heavy atom. The number of methoxy groups -OCH3 is 2. The molecule has 7 nitrogen and oxygen atoms in total. The van der Waals surface area contributed by atoms with E-state index in [0.717, 1.165) is 7.11 Å². The fraction of sp³-hybridized carbons (Fsp3) is 0.200. The van der Waals surface area contributed by atoms with Crippen LogP contribution >= 0.6 is 0 Å². The lowest BCUT2D eigenvalue weighted by Gasteiger charge is -2.16. The van der Waals surface area contributed by atoms with E-state index in [9.17, 15) is 13.2 Å². The maximum absolute atomic E-state index is 12.1. The number of benzene rings is 1. The minimum absolute atomic E-state index is 0.0429. The number of ether oxygens (including phenoxy) is 2. The van der Waals surface area contributed by atoms with Gasteiger partial charge in [-0.3, -0.25) is 5.43 Å². The minimum atomic E-state index is -3.96. The van der Waals surface area contributed by atoms with E-state index in [-0.39, 0.29) is 10.6 Å². The van der Waals surface area contributed by atoms with Crippen LogP contribution in [-0.4, -0.2) is 33.7 Å². The highest BCUT2D eigenvalue weighted by atomic mass is 32.2. The normalized spacial score (nSPS) is 16.0. The molecule has 1 aromatic carbocycles. The van der Waals surface area contributed by atoms with E-state index in [4.69, 9.17) is 4.74 Å². The van der Waals surface area contributed by atoms with E-state index >= 15 is 0 Å². The van der Waals surface area contributed by atoms with E-state index in [0.29, 0.717) is 5.75 Å². The number of sulfone groups is 1. The Hall–Kier alpha value is -2.09. The number of hydrogen-bond acceptors (Lipinski definition) is 7. The summed E-state index contributed by atoms with van der Waals surface area (Å²) in [4.78, 5) is 11.3. The summed E-state index contributed by atoms with van der Waals surface area (Å²) in [6.07, 6.45) is 0. The summed E-state index contributed by atoms with van der Waals surface area (Å²) in [5.41, 5.74) is 2.74. The zero-order chi connectivity index (χ0) is 13.3. The van der Waals surface area contributed by atoms with E-state index in [1.807, 2.05) is 0 Å². The average Bonchev–Trinajstić information content (AvgIpc) is 2.37. The van der Waals surface area contributed by atoms with Crippen molar-refractivity contribution in [1.29, 1.82) is 0 Å². The molecule has 0 saturated heterocycles. The molecule has 2 rings (SSSR count). The molecule has 0 unspecified atom stereocenters. The Morgan fingerprint density at radius 2 is 2.06 bits per heavy atom. The summed E-state index contributed by atoms with van der Waals surface area (Å²) in [7, 11) is -1.41. The van der Waals surface area contributed by atoms with E-state index in [1.165, 1.54) is 25.3 Å². The molecule has 1 aliphatic heterocycles. The fourth-order valence-electron chi connectivity index (χ4n) is 1.48. The molecule has 1 N–H and O–H groups in total. The van der Waals surface area contributed by atoms with Crippen molar-refractivity contribution in [3.05, 3.63) is 18.2 Å². The monoisotopic (exact) mass is 270 g/mol. The molecule has 96 valence electrons. The summed E-state index contributed by atoms with van der Waals surface area (Å²) in [5.74, 6) is -0.530. The predicted octanol–water partition coefficient (Wildman–Crippen LogP) is 0.381. The minimum Gasteiger partial charge on any atom is -0.497 e. The molecule has 1 aromatic rings. The van der Waals surface area contributed by atoms with Crippen molar-refractivity contribution in [2.75, 3.05) is 19.6 Å². The van der Waals surface area contributed by atoms with E-state index in [1.54, 1.807) is 0 Å². The maximum Gasteiger partial charge on any atom is 0.370 e. The van der Waals surface area contributed by atoms with Gasteiger partial charge in [0.15, 0.2) is 0 Å². The van der Waals surface area contributed by atoms with Crippen molar-refractivity contribution >= 4 is 26.5 Å². The topological polar surface area (TPSA) is 94.1 Å². The number of nitrogens with one attached hydrogen (secondary N) is 1. The SMILES string of the molecule is COC(=O)C1=NNc2cc(OC)ccc2S1(=O)=O. The molecule has 0 aliphatic carbocycles. The molecule has 1 aliphatic rings. The number of hydrazone groups is 1. The van der Waals surface area contributed by atoms with Crippen LogP contribution in [0.25, 0.3) is 0 Å². The van der Waals surface area contributed by atoms with Gasteiger partial charge in [0.25, 0.3) is 5.04 Å². The smallest absolute Gasteiger partial charge is 0.370 e. The Balaban J connectivity index is 2.56. The third kappa shape index (κ3) is 1.80. The van der Waals surface area contributed by atoms with Gasteiger partial charge in [0.1, 0.15) is 5.75 Å². The third-order valence-corrected chi connectivity index (χ3v) is 4.07. The Kier molecular flexibility index (Phi) is 2.95. The van der Waals surface area contributed by atoms with Gasteiger partial charge in [-0.25, -0.2) is 13.2 Å². The van der Waals surface area contributed by atoms with Gasteiger partial charge in [0, 0.05) is 6.07 Å². The van der Waals surface area contributed by atoms with Gasteiger partial charge in [0.05, 0.1) is 24.8 Å². The zero-order valence-electron chi connectivity index (χ0n) is 9.63. The van der Waals surface area contributed by atoms with Gasteiger partial charge in [-0.1, -0.05) is 0 Å².